The van der Waals surface area contributed by atoms with E-state index in [1.165, 1.54) is 25.1 Å². The Morgan fingerprint density at radius 2 is 2.18 bits per heavy atom. The third-order valence-corrected chi connectivity index (χ3v) is 3.35. The minimum Gasteiger partial charge on any atom is -0.319 e. The molecule has 0 amide bonds. The van der Waals surface area contributed by atoms with Gasteiger partial charge in [-0.1, -0.05) is 12.1 Å². The number of hydrogen-bond donors (Lipinski definition) is 1. The molecule has 1 aliphatic rings. The van der Waals surface area contributed by atoms with Crippen LogP contribution in [0.4, 0.5) is 0 Å². The minimum atomic E-state index is 0.739. The molecule has 0 saturated carbocycles. The lowest BCUT2D eigenvalue weighted by atomic mass is 10.1. The normalized spacial score (nSPS) is 20.4. The summed E-state index contributed by atoms with van der Waals surface area (Å²) in [4.78, 5) is 2.49. The lowest BCUT2D eigenvalue weighted by molar-refractivity contribution is 0.315. The summed E-state index contributed by atoms with van der Waals surface area (Å²) < 4.78 is 0. The van der Waals surface area contributed by atoms with E-state index < -0.39 is 0 Å². The van der Waals surface area contributed by atoms with Crippen molar-refractivity contribution in [2.24, 2.45) is 5.92 Å². The third kappa shape index (κ3) is 3.29. The van der Waals surface area contributed by atoms with Crippen molar-refractivity contribution >= 4 is 0 Å². The second-order valence-electron chi connectivity index (χ2n) is 4.76. The molecule has 17 heavy (non-hydrogen) atoms. The fraction of sp³-hybridized carbons (Fsp3) is 0.500. The average Bonchev–Trinajstić information content (AvgIpc) is 2.78. The van der Waals surface area contributed by atoms with Gasteiger partial charge in [0.05, 0.1) is 11.6 Å². The molecule has 1 fully saturated rings. The maximum atomic E-state index is 8.74. The van der Waals surface area contributed by atoms with Crippen molar-refractivity contribution in [3.05, 3.63) is 35.4 Å². The van der Waals surface area contributed by atoms with Crippen molar-refractivity contribution < 1.29 is 0 Å². The molecule has 1 unspecified atom stereocenters. The Kier molecular flexibility index (Phi) is 4.13. The first-order chi connectivity index (χ1) is 8.31. The highest BCUT2D eigenvalue weighted by atomic mass is 15.1. The molecule has 1 atom stereocenters. The molecule has 0 radical (unpaired) electrons. The molecule has 1 aromatic rings. The van der Waals surface area contributed by atoms with Gasteiger partial charge in [0.1, 0.15) is 0 Å². The summed E-state index contributed by atoms with van der Waals surface area (Å²) in [5, 5.41) is 12.0. The zero-order valence-electron chi connectivity index (χ0n) is 10.3. The molecule has 90 valence electrons. The van der Waals surface area contributed by atoms with Crippen LogP contribution in [0.2, 0.25) is 0 Å². The topological polar surface area (TPSA) is 39.1 Å². The van der Waals surface area contributed by atoms with Crippen molar-refractivity contribution in [3.63, 3.8) is 0 Å². The molecule has 0 spiro atoms. The molecule has 3 heteroatoms. The van der Waals surface area contributed by atoms with E-state index in [0.29, 0.717) is 0 Å². The van der Waals surface area contributed by atoms with Crippen LogP contribution in [0, 0.1) is 17.2 Å². The number of benzene rings is 1. The van der Waals surface area contributed by atoms with Gasteiger partial charge in [-0.05, 0) is 50.2 Å². The number of likely N-dealkylation sites (tertiary alicyclic amines) is 1. The first-order valence-corrected chi connectivity index (χ1v) is 6.18. The Bertz CT molecular complexity index is 391. The van der Waals surface area contributed by atoms with Gasteiger partial charge in [-0.3, -0.25) is 4.90 Å². The smallest absolute Gasteiger partial charge is 0.0991 e. The van der Waals surface area contributed by atoms with Gasteiger partial charge < -0.3 is 5.32 Å². The zero-order chi connectivity index (χ0) is 12.1. The molecule has 0 aromatic heterocycles. The van der Waals surface area contributed by atoms with Gasteiger partial charge in [0.25, 0.3) is 0 Å². The summed E-state index contributed by atoms with van der Waals surface area (Å²) in [6.45, 7) is 4.49. The minimum absolute atomic E-state index is 0.739. The summed E-state index contributed by atoms with van der Waals surface area (Å²) in [5.41, 5.74) is 2.04. The maximum absolute atomic E-state index is 8.74. The van der Waals surface area contributed by atoms with Gasteiger partial charge >= 0.3 is 0 Å². The van der Waals surface area contributed by atoms with Gasteiger partial charge in [0.2, 0.25) is 0 Å². The Labute approximate surface area is 103 Å². The van der Waals surface area contributed by atoms with Crippen LogP contribution in [-0.4, -0.2) is 31.6 Å². The summed E-state index contributed by atoms with van der Waals surface area (Å²) >= 11 is 0. The van der Waals surface area contributed by atoms with Crippen molar-refractivity contribution in [2.45, 2.75) is 13.0 Å². The van der Waals surface area contributed by atoms with E-state index in [-0.39, 0.29) is 0 Å². The van der Waals surface area contributed by atoms with Crippen LogP contribution in [0.25, 0.3) is 0 Å². The highest BCUT2D eigenvalue weighted by Crippen LogP contribution is 2.18. The van der Waals surface area contributed by atoms with Crippen molar-refractivity contribution in [3.8, 4) is 6.07 Å². The first kappa shape index (κ1) is 12.1. The van der Waals surface area contributed by atoms with Crippen LogP contribution in [0.5, 0.6) is 0 Å². The predicted octanol–water partition coefficient (Wildman–Crippen LogP) is 1.60. The molecule has 1 heterocycles. The number of hydrogen-bond acceptors (Lipinski definition) is 3. The van der Waals surface area contributed by atoms with Gasteiger partial charge in [-0.2, -0.15) is 5.26 Å². The molecule has 1 N–H and O–H groups in total. The quantitative estimate of drug-likeness (QED) is 0.852. The van der Waals surface area contributed by atoms with E-state index in [4.69, 9.17) is 5.26 Å². The third-order valence-electron chi connectivity index (χ3n) is 3.35. The van der Waals surface area contributed by atoms with Crippen molar-refractivity contribution in [2.75, 3.05) is 26.7 Å². The number of rotatable bonds is 4. The van der Waals surface area contributed by atoms with Crippen LogP contribution in [-0.2, 0) is 6.54 Å². The average molecular weight is 229 g/mol. The lowest BCUT2D eigenvalue weighted by Gasteiger charge is -2.16. The van der Waals surface area contributed by atoms with Gasteiger partial charge in [0, 0.05) is 13.1 Å². The molecule has 0 aliphatic carbocycles. The molecule has 1 saturated heterocycles. The van der Waals surface area contributed by atoms with Gasteiger partial charge in [0.15, 0.2) is 0 Å². The maximum Gasteiger partial charge on any atom is 0.0991 e. The SMILES string of the molecule is CNCC1CCN(Cc2ccc(C#N)cc2)C1. The van der Waals surface area contributed by atoms with Gasteiger partial charge in [-0.25, -0.2) is 0 Å². The Balaban J connectivity index is 1.87. The van der Waals surface area contributed by atoms with E-state index in [2.05, 4.69) is 28.4 Å². The molecule has 0 bridgehead atoms. The predicted molar refractivity (Wildman–Crippen MR) is 68.5 cm³/mol. The fourth-order valence-electron chi connectivity index (χ4n) is 2.45. The van der Waals surface area contributed by atoms with E-state index in [1.54, 1.807) is 0 Å². The van der Waals surface area contributed by atoms with Gasteiger partial charge in [-0.15, -0.1) is 0 Å². The van der Waals surface area contributed by atoms with Crippen LogP contribution in [0.1, 0.15) is 17.5 Å². The number of nitrogens with zero attached hydrogens (tertiary/aromatic N) is 2. The standard InChI is InChI=1S/C14H19N3/c1-16-9-14-6-7-17(11-14)10-13-4-2-12(8-15)3-5-13/h2-5,14,16H,6-7,9-11H2,1H3. The zero-order valence-corrected chi connectivity index (χ0v) is 10.3. The molecule has 2 rings (SSSR count). The second kappa shape index (κ2) is 5.81. The first-order valence-electron chi connectivity index (χ1n) is 6.18. The molecule has 3 nitrogen and oxygen atoms in total. The largest absolute Gasteiger partial charge is 0.319 e. The van der Waals surface area contributed by atoms with Crippen LogP contribution in [0.3, 0.4) is 0 Å². The van der Waals surface area contributed by atoms with E-state index >= 15 is 0 Å². The Hall–Kier alpha value is -1.37. The summed E-state index contributed by atoms with van der Waals surface area (Å²) in [6.07, 6.45) is 1.29. The number of nitriles is 1. The highest BCUT2D eigenvalue weighted by Gasteiger charge is 2.21. The fourth-order valence-corrected chi connectivity index (χ4v) is 2.45. The molecular formula is C14H19N3. The van der Waals surface area contributed by atoms with Crippen LogP contribution in [0.15, 0.2) is 24.3 Å². The lowest BCUT2D eigenvalue weighted by Crippen LogP contribution is -2.24. The highest BCUT2D eigenvalue weighted by molar-refractivity contribution is 5.31. The second-order valence-corrected chi connectivity index (χ2v) is 4.76. The van der Waals surface area contributed by atoms with E-state index in [0.717, 1.165) is 24.6 Å². The molecular weight excluding hydrogens is 210 g/mol. The van der Waals surface area contributed by atoms with Crippen LogP contribution < -0.4 is 5.32 Å². The Morgan fingerprint density at radius 3 is 2.82 bits per heavy atom. The monoisotopic (exact) mass is 229 g/mol. The summed E-state index contributed by atoms with van der Waals surface area (Å²) in [6, 6.07) is 10.1. The Morgan fingerprint density at radius 1 is 1.41 bits per heavy atom. The van der Waals surface area contributed by atoms with E-state index in [1.807, 2.05) is 19.2 Å². The number of nitrogens with one attached hydrogen (secondary N) is 1. The van der Waals surface area contributed by atoms with Crippen molar-refractivity contribution in [1.29, 1.82) is 5.26 Å². The summed E-state index contributed by atoms with van der Waals surface area (Å²) in [7, 11) is 2.02. The van der Waals surface area contributed by atoms with Crippen molar-refractivity contribution in [1.82, 2.24) is 10.2 Å². The van der Waals surface area contributed by atoms with Crippen LogP contribution >= 0.6 is 0 Å². The summed E-state index contributed by atoms with van der Waals surface area (Å²) in [5.74, 6) is 0.790. The molecule has 1 aromatic carbocycles. The van der Waals surface area contributed by atoms with E-state index in [9.17, 15) is 0 Å². The molecule has 1 aliphatic heterocycles.